The van der Waals surface area contributed by atoms with E-state index in [1.165, 1.54) is 43.5 Å². The summed E-state index contributed by atoms with van der Waals surface area (Å²) in [5.41, 5.74) is 0.435. The Bertz CT molecular complexity index is 631. The molecule has 0 aliphatic carbocycles. The Morgan fingerprint density at radius 1 is 0.950 bits per heavy atom. The number of phenolic OH excluding ortho intramolecular Hbond substituents is 1. The standard InChI is InChI=1S/C15H12O5/c1-19-15(18)12-4-2-3-5-13(12)20-14(17)10-6-8-11(16)9-7-10/h2-9,16H,1H3. The highest BCUT2D eigenvalue weighted by molar-refractivity contribution is 5.96. The second kappa shape index (κ2) is 5.88. The van der Waals surface area contributed by atoms with Gasteiger partial charge in [0.15, 0.2) is 0 Å². The van der Waals surface area contributed by atoms with Gasteiger partial charge in [-0.05, 0) is 36.4 Å². The van der Waals surface area contributed by atoms with E-state index in [4.69, 9.17) is 9.84 Å². The minimum Gasteiger partial charge on any atom is -0.508 e. The van der Waals surface area contributed by atoms with Gasteiger partial charge in [-0.3, -0.25) is 0 Å². The SMILES string of the molecule is COC(=O)c1ccccc1OC(=O)c1ccc(O)cc1. The number of rotatable bonds is 3. The molecule has 0 atom stereocenters. The quantitative estimate of drug-likeness (QED) is 0.686. The summed E-state index contributed by atoms with van der Waals surface area (Å²) in [6, 6.07) is 11.9. The van der Waals surface area contributed by atoms with Crippen molar-refractivity contribution in [2.24, 2.45) is 0 Å². The van der Waals surface area contributed by atoms with Crippen LogP contribution in [0.1, 0.15) is 20.7 Å². The van der Waals surface area contributed by atoms with Gasteiger partial charge in [0, 0.05) is 0 Å². The van der Waals surface area contributed by atoms with E-state index < -0.39 is 11.9 Å². The fourth-order valence-electron chi connectivity index (χ4n) is 1.59. The van der Waals surface area contributed by atoms with E-state index in [1.54, 1.807) is 12.1 Å². The summed E-state index contributed by atoms with van der Waals surface area (Å²) in [4.78, 5) is 23.5. The Hall–Kier alpha value is -2.82. The van der Waals surface area contributed by atoms with Crippen LogP contribution >= 0.6 is 0 Å². The minimum absolute atomic E-state index is 0.0523. The monoisotopic (exact) mass is 272 g/mol. The van der Waals surface area contributed by atoms with Crippen LogP contribution in [0, 0.1) is 0 Å². The summed E-state index contributed by atoms with van der Waals surface area (Å²) in [6.07, 6.45) is 0. The van der Waals surface area contributed by atoms with Gasteiger partial charge in [0.25, 0.3) is 0 Å². The number of aromatic hydroxyl groups is 1. The average Bonchev–Trinajstić information content (AvgIpc) is 2.47. The van der Waals surface area contributed by atoms with Crippen molar-refractivity contribution in [3.8, 4) is 11.5 Å². The van der Waals surface area contributed by atoms with Gasteiger partial charge in [-0.25, -0.2) is 9.59 Å². The molecule has 0 aliphatic rings. The fourth-order valence-corrected chi connectivity index (χ4v) is 1.59. The van der Waals surface area contributed by atoms with Gasteiger partial charge in [-0.15, -0.1) is 0 Å². The molecule has 2 aromatic rings. The van der Waals surface area contributed by atoms with Crippen molar-refractivity contribution in [3.63, 3.8) is 0 Å². The zero-order chi connectivity index (χ0) is 14.5. The van der Waals surface area contributed by atoms with Gasteiger partial charge in [0.2, 0.25) is 0 Å². The Kier molecular flexibility index (Phi) is 4.00. The summed E-state index contributed by atoms with van der Waals surface area (Å²) in [7, 11) is 1.25. The van der Waals surface area contributed by atoms with Crippen molar-refractivity contribution in [2.75, 3.05) is 7.11 Å². The summed E-state index contributed by atoms with van der Waals surface area (Å²) < 4.78 is 9.79. The van der Waals surface area contributed by atoms with Crippen molar-refractivity contribution in [2.45, 2.75) is 0 Å². The molecule has 0 aliphatic heterocycles. The van der Waals surface area contributed by atoms with Crippen LogP contribution in [0.2, 0.25) is 0 Å². The van der Waals surface area contributed by atoms with E-state index in [0.717, 1.165) is 0 Å². The number of para-hydroxylation sites is 1. The molecule has 2 rings (SSSR count). The first-order valence-corrected chi connectivity index (χ1v) is 5.80. The predicted molar refractivity (Wildman–Crippen MR) is 70.8 cm³/mol. The first-order chi connectivity index (χ1) is 9.61. The molecule has 1 N–H and O–H groups in total. The van der Waals surface area contributed by atoms with Gasteiger partial charge >= 0.3 is 11.9 Å². The summed E-state index contributed by atoms with van der Waals surface area (Å²) in [5.74, 6) is -1.03. The number of hydrogen-bond acceptors (Lipinski definition) is 5. The molecule has 0 spiro atoms. The maximum absolute atomic E-state index is 11.9. The van der Waals surface area contributed by atoms with Crippen LogP contribution in [0.25, 0.3) is 0 Å². The predicted octanol–water partition coefficient (Wildman–Crippen LogP) is 2.40. The molecular weight excluding hydrogens is 260 g/mol. The Balaban J connectivity index is 2.24. The summed E-state index contributed by atoms with van der Waals surface area (Å²) in [6.45, 7) is 0. The maximum Gasteiger partial charge on any atom is 0.343 e. The Morgan fingerprint density at radius 2 is 1.60 bits per heavy atom. The third-order valence-corrected chi connectivity index (χ3v) is 2.60. The van der Waals surface area contributed by atoms with E-state index in [0.29, 0.717) is 0 Å². The van der Waals surface area contributed by atoms with Crippen molar-refractivity contribution < 1.29 is 24.2 Å². The fraction of sp³-hybridized carbons (Fsp3) is 0.0667. The van der Waals surface area contributed by atoms with Crippen LogP contribution in [-0.2, 0) is 4.74 Å². The second-order valence-corrected chi connectivity index (χ2v) is 3.92. The number of ether oxygens (including phenoxy) is 2. The van der Waals surface area contributed by atoms with E-state index in [1.807, 2.05) is 0 Å². The molecule has 0 fully saturated rings. The molecule has 0 radical (unpaired) electrons. The number of phenols is 1. The van der Waals surface area contributed by atoms with Crippen molar-refractivity contribution in [1.29, 1.82) is 0 Å². The van der Waals surface area contributed by atoms with Gasteiger partial charge in [-0.1, -0.05) is 12.1 Å². The molecular formula is C15H12O5. The average molecular weight is 272 g/mol. The highest BCUT2D eigenvalue weighted by Gasteiger charge is 2.16. The third-order valence-electron chi connectivity index (χ3n) is 2.60. The first kappa shape index (κ1) is 13.6. The highest BCUT2D eigenvalue weighted by Crippen LogP contribution is 2.20. The molecule has 2 aromatic carbocycles. The number of methoxy groups -OCH3 is 1. The third kappa shape index (κ3) is 2.95. The van der Waals surface area contributed by atoms with Crippen LogP contribution in [0.15, 0.2) is 48.5 Å². The van der Waals surface area contributed by atoms with Crippen molar-refractivity contribution >= 4 is 11.9 Å². The van der Waals surface area contributed by atoms with Gasteiger partial charge < -0.3 is 14.6 Å². The van der Waals surface area contributed by atoms with Crippen LogP contribution in [0.3, 0.4) is 0 Å². The lowest BCUT2D eigenvalue weighted by molar-refractivity contribution is 0.0593. The summed E-state index contributed by atoms with van der Waals surface area (Å²) in [5, 5.41) is 9.16. The molecule has 0 heterocycles. The molecule has 5 nitrogen and oxygen atoms in total. The number of benzene rings is 2. The van der Waals surface area contributed by atoms with Gasteiger partial charge in [-0.2, -0.15) is 0 Å². The molecule has 0 unspecified atom stereocenters. The molecule has 102 valence electrons. The number of esters is 2. The van der Waals surface area contributed by atoms with Gasteiger partial charge in [0.1, 0.15) is 17.1 Å². The zero-order valence-corrected chi connectivity index (χ0v) is 10.7. The smallest absolute Gasteiger partial charge is 0.343 e. The molecule has 0 saturated carbocycles. The number of carbonyl (C=O) groups is 2. The molecule has 0 amide bonds. The van der Waals surface area contributed by atoms with Crippen LogP contribution in [0.5, 0.6) is 11.5 Å². The lowest BCUT2D eigenvalue weighted by Crippen LogP contribution is -2.12. The maximum atomic E-state index is 11.9. The Labute approximate surface area is 115 Å². The van der Waals surface area contributed by atoms with Crippen LogP contribution < -0.4 is 4.74 Å². The minimum atomic E-state index is -0.624. The lowest BCUT2D eigenvalue weighted by Gasteiger charge is -2.08. The normalized spacial score (nSPS) is 9.85. The van der Waals surface area contributed by atoms with Crippen LogP contribution in [-0.4, -0.2) is 24.2 Å². The number of hydrogen-bond donors (Lipinski definition) is 1. The summed E-state index contributed by atoms with van der Waals surface area (Å²) >= 11 is 0. The van der Waals surface area contributed by atoms with E-state index in [2.05, 4.69) is 4.74 Å². The molecule has 20 heavy (non-hydrogen) atoms. The highest BCUT2D eigenvalue weighted by atomic mass is 16.5. The first-order valence-electron chi connectivity index (χ1n) is 5.80. The van der Waals surface area contributed by atoms with E-state index >= 15 is 0 Å². The van der Waals surface area contributed by atoms with E-state index in [-0.39, 0.29) is 22.6 Å². The van der Waals surface area contributed by atoms with Crippen molar-refractivity contribution in [3.05, 3.63) is 59.7 Å². The molecule has 5 heteroatoms. The van der Waals surface area contributed by atoms with Crippen molar-refractivity contribution in [1.82, 2.24) is 0 Å². The zero-order valence-electron chi connectivity index (χ0n) is 10.7. The number of carbonyl (C=O) groups excluding carboxylic acids is 2. The topological polar surface area (TPSA) is 72.8 Å². The molecule has 0 aromatic heterocycles. The lowest BCUT2D eigenvalue weighted by atomic mass is 10.2. The molecule has 0 saturated heterocycles. The Morgan fingerprint density at radius 3 is 2.25 bits per heavy atom. The van der Waals surface area contributed by atoms with E-state index in [9.17, 15) is 9.59 Å². The largest absolute Gasteiger partial charge is 0.508 e. The van der Waals surface area contributed by atoms with Gasteiger partial charge in [0.05, 0.1) is 12.7 Å². The molecule has 0 bridgehead atoms. The van der Waals surface area contributed by atoms with Crippen LogP contribution in [0.4, 0.5) is 0 Å². The second-order valence-electron chi connectivity index (χ2n) is 3.92.